The lowest BCUT2D eigenvalue weighted by Gasteiger charge is -2.42. The molecule has 42 heavy (non-hydrogen) atoms. The number of ether oxygens (including phenoxy) is 1. The van der Waals surface area contributed by atoms with Crippen molar-refractivity contribution in [1.29, 1.82) is 0 Å². The van der Waals surface area contributed by atoms with Crippen molar-refractivity contribution in [2.75, 3.05) is 0 Å². The second-order valence-corrected chi connectivity index (χ2v) is 20.2. The van der Waals surface area contributed by atoms with Crippen LogP contribution in [0.15, 0.2) is 121 Å². The number of carbonyl (C=O) groups excluding carboxylic acids is 2. The predicted octanol–water partition coefficient (Wildman–Crippen LogP) is 6.88. The quantitative estimate of drug-likeness (QED) is 0.0867. The third kappa shape index (κ3) is 6.60. The Labute approximate surface area is 251 Å². The number of carbonyl (C=O) groups is 2. The van der Waals surface area contributed by atoms with Crippen LogP contribution in [0.2, 0.25) is 18.1 Å². The number of esters is 1. The van der Waals surface area contributed by atoms with Crippen LogP contribution in [0.4, 0.5) is 0 Å². The van der Waals surface area contributed by atoms with Gasteiger partial charge in [0.2, 0.25) is 5.60 Å². The van der Waals surface area contributed by atoms with Crippen molar-refractivity contribution >= 4 is 48.7 Å². The first-order chi connectivity index (χ1) is 19.9. The van der Waals surface area contributed by atoms with Crippen LogP contribution >= 0.6 is 6.89 Å². The fraction of sp³-hybridized carbons (Fsp3) is 0.250. The SMILES string of the molecule is CC(C)(C)[Si](C)(C)O[C@@](C)(C(=O)C=P(c1ccccc1)(c1ccccc1)c1ccccc1)C(=O)OCc1ccccc1. The largest absolute Gasteiger partial charge is 0.458 e. The van der Waals surface area contributed by atoms with Gasteiger partial charge in [-0.1, -0.05) is 142 Å². The lowest BCUT2D eigenvalue weighted by atomic mass is 10.0. The molecule has 4 rings (SSSR count). The van der Waals surface area contributed by atoms with Crippen LogP contribution in [0, 0.1) is 0 Å². The van der Waals surface area contributed by atoms with E-state index in [1.807, 2.05) is 84.9 Å². The molecule has 0 aliphatic heterocycles. The van der Waals surface area contributed by atoms with Crippen molar-refractivity contribution in [2.45, 2.75) is 58.0 Å². The van der Waals surface area contributed by atoms with Gasteiger partial charge in [0.1, 0.15) is 6.61 Å². The van der Waals surface area contributed by atoms with Gasteiger partial charge in [0.15, 0.2) is 14.1 Å². The van der Waals surface area contributed by atoms with E-state index in [2.05, 4.69) is 70.3 Å². The van der Waals surface area contributed by atoms with Gasteiger partial charge in [-0.05, 0) is 59.2 Å². The van der Waals surface area contributed by atoms with Crippen molar-refractivity contribution in [3.8, 4) is 0 Å². The number of rotatable bonds is 10. The van der Waals surface area contributed by atoms with Gasteiger partial charge in [0, 0.05) is 0 Å². The Bertz CT molecular complexity index is 1440. The minimum Gasteiger partial charge on any atom is -0.458 e. The molecule has 0 heterocycles. The van der Waals surface area contributed by atoms with E-state index in [-0.39, 0.29) is 11.6 Å². The summed E-state index contributed by atoms with van der Waals surface area (Å²) in [5, 5.41) is 2.81. The normalized spacial score (nSPS) is 13.6. The molecule has 0 unspecified atom stereocenters. The summed E-state index contributed by atoms with van der Waals surface area (Å²) in [6.45, 7) is 9.36. The molecule has 0 radical (unpaired) electrons. The van der Waals surface area contributed by atoms with Gasteiger partial charge in [-0.25, -0.2) is 4.79 Å². The van der Waals surface area contributed by atoms with Gasteiger partial charge in [0.25, 0.3) is 0 Å². The first-order valence-electron chi connectivity index (χ1n) is 14.3. The summed E-state index contributed by atoms with van der Waals surface area (Å²) in [6.07, 6.45) is 0. The summed E-state index contributed by atoms with van der Waals surface area (Å²) in [5.41, 5.74) is -0.988. The molecule has 0 aliphatic rings. The molecule has 0 aliphatic carbocycles. The van der Waals surface area contributed by atoms with Gasteiger partial charge < -0.3 is 9.16 Å². The van der Waals surface area contributed by atoms with Crippen LogP contribution in [0.5, 0.6) is 0 Å². The fourth-order valence-corrected chi connectivity index (χ4v) is 10.1. The highest BCUT2D eigenvalue weighted by molar-refractivity contribution is 7.95. The van der Waals surface area contributed by atoms with Gasteiger partial charge in [-0.15, -0.1) is 0 Å². The molecule has 0 fully saturated rings. The summed E-state index contributed by atoms with van der Waals surface area (Å²) < 4.78 is 12.6. The summed E-state index contributed by atoms with van der Waals surface area (Å²) >= 11 is 0. The molecule has 0 N–H and O–H groups in total. The van der Waals surface area contributed by atoms with Gasteiger partial charge in [-0.3, -0.25) is 4.79 Å². The highest BCUT2D eigenvalue weighted by Crippen LogP contribution is 2.45. The van der Waals surface area contributed by atoms with Crippen molar-refractivity contribution in [1.82, 2.24) is 0 Å². The Morgan fingerprint density at radius 1 is 0.667 bits per heavy atom. The van der Waals surface area contributed by atoms with E-state index in [4.69, 9.17) is 9.16 Å². The van der Waals surface area contributed by atoms with Crippen LogP contribution in [0.3, 0.4) is 0 Å². The predicted molar refractivity (Wildman–Crippen MR) is 179 cm³/mol. The van der Waals surface area contributed by atoms with Gasteiger partial charge in [-0.2, -0.15) is 0 Å². The topological polar surface area (TPSA) is 52.6 Å². The molecule has 6 heteroatoms. The number of hydrogen-bond donors (Lipinski definition) is 0. The monoisotopic (exact) mass is 596 g/mol. The maximum Gasteiger partial charge on any atom is 0.345 e. The number of Topliss-reactive ketones (excluding diaryl/α,β-unsaturated/α-hetero) is 1. The molecule has 0 bridgehead atoms. The molecule has 4 aromatic carbocycles. The molecule has 4 nitrogen and oxygen atoms in total. The summed E-state index contributed by atoms with van der Waals surface area (Å²) in [4.78, 5) is 28.9. The first-order valence-corrected chi connectivity index (χ1v) is 19.0. The smallest absolute Gasteiger partial charge is 0.345 e. The Hall–Kier alpha value is -3.50. The standard InChI is InChI=1S/C36H41O4PSi/c1-35(2,3)42(5,6)40-36(4,34(38)39-27-29-19-11-7-12-20-29)33(37)28-41(30-21-13-8-14-22-30,31-23-15-9-16-24-31)32-25-17-10-18-26-32/h7-26,28H,27H2,1-6H3/t36-/m0/s1. The van der Waals surface area contributed by atoms with E-state index < -0.39 is 32.6 Å². The molecule has 0 saturated carbocycles. The zero-order valence-corrected chi connectivity index (χ0v) is 27.3. The van der Waals surface area contributed by atoms with E-state index in [1.54, 1.807) is 12.7 Å². The molecule has 4 aromatic rings. The maximum absolute atomic E-state index is 14.8. The van der Waals surface area contributed by atoms with Gasteiger partial charge in [0.05, 0.1) is 0 Å². The molecule has 0 spiro atoms. The maximum atomic E-state index is 14.8. The second kappa shape index (κ2) is 12.8. The zero-order chi connectivity index (χ0) is 30.4. The van der Waals surface area contributed by atoms with Crippen molar-refractivity contribution in [3.05, 3.63) is 127 Å². The molecule has 0 amide bonds. The second-order valence-electron chi connectivity index (χ2n) is 12.2. The first kappa shape index (κ1) is 31.4. The molecule has 218 valence electrons. The highest BCUT2D eigenvalue weighted by Gasteiger charge is 2.51. The van der Waals surface area contributed by atoms with E-state index >= 15 is 0 Å². The summed E-state index contributed by atoms with van der Waals surface area (Å²) in [7, 11) is -2.62. The van der Waals surface area contributed by atoms with E-state index in [0.717, 1.165) is 21.5 Å². The molecular weight excluding hydrogens is 555 g/mol. The van der Waals surface area contributed by atoms with Crippen LogP contribution in [-0.4, -0.2) is 31.5 Å². The third-order valence-corrected chi connectivity index (χ3v) is 16.6. The average Bonchev–Trinajstić information content (AvgIpc) is 2.99. The molecular formula is C36H41O4PSi. The van der Waals surface area contributed by atoms with Crippen molar-refractivity contribution < 1.29 is 18.8 Å². The lowest BCUT2D eigenvalue weighted by Crippen LogP contribution is -2.57. The average molecular weight is 597 g/mol. The minimum atomic E-state index is -2.68. The van der Waals surface area contributed by atoms with Crippen LogP contribution in [-0.2, 0) is 25.4 Å². The Balaban J connectivity index is 1.95. The fourth-order valence-electron chi connectivity index (χ4n) is 4.68. The highest BCUT2D eigenvalue weighted by atomic mass is 31.2. The van der Waals surface area contributed by atoms with Gasteiger partial charge >= 0.3 is 5.97 Å². The Kier molecular flexibility index (Phi) is 9.57. The Morgan fingerprint density at radius 3 is 1.43 bits per heavy atom. The molecule has 1 atom stereocenters. The summed E-state index contributed by atoms with van der Waals surface area (Å²) in [6, 6.07) is 39.8. The van der Waals surface area contributed by atoms with E-state index in [9.17, 15) is 9.59 Å². The Morgan fingerprint density at radius 2 is 1.05 bits per heavy atom. The molecule has 0 saturated heterocycles. The van der Waals surface area contributed by atoms with E-state index in [1.165, 1.54) is 0 Å². The lowest BCUT2D eigenvalue weighted by molar-refractivity contribution is -0.165. The number of benzene rings is 4. The van der Waals surface area contributed by atoms with E-state index in [0.29, 0.717) is 0 Å². The third-order valence-electron chi connectivity index (χ3n) is 8.14. The number of ketones is 1. The van der Waals surface area contributed by atoms with Crippen LogP contribution < -0.4 is 15.9 Å². The summed E-state index contributed by atoms with van der Waals surface area (Å²) in [5.74, 6) is 0.712. The van der Waals surface area contributed by atoms with Crippen LogP contribution in [0.1, 0.15) is 33.3 Å². The molecule has 0 aromatic heterocycles. The van der Waals surface area contributed by atoms with Crippen LogP contribution in [0.25, 0.3) is 0 Å². The number of hydrogen-bond acceptors (Lipinski definition) is 4. The van der Waals surface area contributed by atoms with Crippen molar-refractivity contribution in [3.63, 3.8) is 0 Å². The van der Waals surface area contributed by atoms with Crippen molar-refractivity contribution in [2.24, 2.45) is 0 Å². The minimum absolute atomic E-state index is 0.0553. The zero-order valence-electron chi connectivity index (χ0n) is 25.4.